The summed E-state index contributed by atoms with van der Waals surface area (Å²) in [6, 6.07) is 11.9. The molecule has 0 aromatic heterocycles. The van der Waals surface area contributed by atoms with Crippen molar-refractivity contribution >= 4 is 18.1 Å². The molecule has 1 aliphatic rings. The fourth-order valence-electron chi connectivity index (χ4n) is 2.27. The van der Waals surface area contributed by atoms with E-state index in [1.807, 2.05) is 25.0 Å². The topological polar surface area (TPSA) is 61.6 Å². The van der Waals surface area contributed by atoms with Gasteiger partial charge in [-0.3, -0.25) is 10.1 Å². The van der Waals surface area contributed by atoms with E-state index in [1.54, 1.807) is 12.1 Å². The Morgan fingerprint density at radius 2 is 2.05 bits per heavy atom. The molecule has 0 unspecified atom stereocenters. The molecule has 0 spiro atoms. The summed E-state index contributed by atoms with van der Waals surface area (Å²) in [7, 11) is 0. The molecule has 1 heterocycles. The van der Waals surface area contributed by atoms with Crippen molar-refractivity contribution in [3.63, 3.8) is 0 Å². The number of nitro benzene ring substituents is 1. The normalized spacial score (nSPS) is 13.2. The van der Waals surface area contributed by atoms with Crippen molar-refractivity contribution in [1.82, 2.24) is 0 Å². The van der Waals surface area contributed by atoms with Crippen LogP contribution in [0.15, 0.2) is 42.5 Å². The summed E-state index contributed by atoms with van der Waals surface area (Å²) in [6.07, 6.45) is 0. The van der Waals surface area contributed by atoms with Gasteiger partial charge in [-0.2, -0.15) is 0 Å². The third kappa shape index (κ3) is 2.37. The fourth-order valence-corrected chi connectivity index (χ4v) is 2.27. The van der Waals surface area contributed by atoms with Gasteiger partial charge in [-0.05, 0) is 29.2 Å². The summed E-state index contributed by atoms with van der Waals surface area (Å²) in [4.78, 5) is 10.3. The highest BCUT2D eigenvalue weighted by atomic mass is 16.6. The minimum absolute atomic E-state index is 0.0145. The zero-order chi connectivity index (χ0) is 14.1. The van der Waals surface area contributed by atoms with Crippen LogP contribution in [-0.4, -0.2) is 11.8 Å². The summed E-state index contributed by atoms with van der Waals surface area (Å²) < 4.78 is 11.2. The van der Waals surface area contributed by atoms with Crippen molar-refractivity contribution in [2.75, 3.05) is 0 Å². The summed E-state index contributed by atoms with van der Waals surface area (Å²) in [5.41, 5.74) is 2.28. The zero-order valence-corrected chi connectivity index (χ0v) is 10.9. The lowest BCUT2D eigenvalue weighted by molar-refractivity contribution is -0.384. The van der Waals surface area contributed by atoms with Gasteiger partial charge in [0.1, 0.15) is 11.5 Å². The Kier molecular flexibility index (Phi) is 3.16. The zero-order valence-electron chi connectivity index (χ0n) is 10.9. The molecule has 2 aromatic rings. The first-order valence-electron chi connectivity index (χ1n) is 6.30. The maximum Gasteiger partial charge on any atom is 0.324 e. The molecule has 3 rings (SSSR count). The van der Waals surface area contributed by atoms with Crippen LogP contribution < -0.4 is 10.2 Å². The van der Waals surface area contributed by atoms with Gasteiger partial charge in [-0.1, -0.05) is 19.0 Å². The number of benzene rings is 2. The van der Waals surface area contributed by atoms with Crippen LogP contribution in [0.3, 0.4) is 0 Å². The SMILES string of the molecule is CB1OCc2cc(Oc3cccc([N+](=O)[O-])c3)ccc21. The van der Waals surface area contributed by atoms with Gasteiger partial charge in [-0.15, -0.1) is 0 Å². The van der Waals surface area contributed by atoms with Crippen LogP contribution in [0.4, 0.5) is 5.69 Å². The Balaban J connectivity index is 1.85. The van der Waals surface area contributed by atoms with E-state index in [2.05, 4.69) is 0 Å². The molecule has 6 heteroatoms. The van der Waals surface area contributed by atoms with Crippen LogP contribution in [0.25, 0.3) is 0 Å². The molecule has 1 aliphatic heterocycles. The molecule has 2 aromatic carbocycles. The highest BCUT2D eigenvalue weighted by molar-refractivity contribution is 6.67. The third-order valence-corrected chi connectivity index (χ3v) is 3.31. The van der Waals surface area contributed by atoms with Crippen molar-refractivity contribution < 1.29 is 14.3 Å². The standard InChI is InChI=1S/C14H12BNO4/c1-15-14-6-5-13(7-10(14)9-19-15)20-12-4-2-3-11(8-12)16(17)18/h2-8H,9H2,1H3. The van der Waals surface area contributed by atoms with Crippen LogP contribution in [-0.2, 0) is 11.3 Å². The van der Waals surface area contributed by atoms with Gasteiger partial charge in [0.25, 0.3) is 5.69 Å². The number of hydrogen-bond acceptors (Lipinski definition) is 4. The molecule has 0 N–H and O–H groups in total. The maximum absolute atomic E-state index is 10.7. The van der Waals surface area contributed by atoms with Gasteiger partial charge in [-0.25, -0.2) is 0 Å². The molecule has 0 fully saturated rings. The van der Waals surface area contributed by atoms with Gasteiger partial charge in [0.05, 0.1) is 17.6 Å². The van der Waals surface area contributed by atoms with E-state index in [1.165, 1.54) is 12.1 Å². The van der Waals surface area contributed by atoms with Crippen LogP contribution in [0, 0.1) is 10.1 Å². The van der Waals surface area contributed by atoms with E-state index in [9.17, 15) is 10.1 Å². The van der Waals surface area contributed by atoms with E-state index in [-0.39, 0.29) is 12.6 Å². The van der Waals surface area contributed by atoms with Crippen molar-refractivity contribution in [3.8, 4) is 11.5 Å². The lowest BCUT2D eigenvalue weighted by Gasteiger charge is -2.07. The fraction of sp³-hybridized carbons (Fsp3) is 0.143. The monoisotopic (exact) mass is 269 g/mol. The lowest BCUT2D eigenvalue weighted by atomic mass is 9.64. The van der Waals surface area contributed by atoms with Gasteiger partial charge >= 0.3 is 6.92 Å². The van der Waals surface area contributed by atoms with Crippen LogP contribution in [0.2, 0.25) is 6.82 Å². The van der Waals surface area contributed by atoms with Crippen molar-refractivity contribution in [3.05, 3.63) is 58.1 Å². The minimum atomic E-state index is -0.439. The number of ether oxygens (including phenoxy) is 1. The summed E-state index contributed by atoms with van der Waals surface area (Å²) in [6.45, 7) is 2.69. The van der Waals surface area contributed by atoms with Crippen molar-refractivity contribution in [2.24, 2.45) is 0 Å². The molecule has 0 radical (unpaired) electrons. The van der Waals surface area contributed by atoms with Gasteiger partial charge in [0.2, 0.25) is 0 Å². The first-order chi connectivity index (χ1) is 9.63. The largest absolute Gasteiger partial charge is 0.457 e. The molecule has 0 saturated heterocycles. The number of non-ortho nitro benzene ring substituents is 1. The molecular weight excluding hydrogens is 257 g/mol. The number of hydrogen-bond donors (Lipinski definition) is 0. The molecular formula is C14H12BNO4. The lowest BCUT2D eigenvalue weighted by Crippen LogP contribution is -2.23. The Bertz CT molecular complexity index is 674. The summed E-state index contributed by atoms with van der Waals surface area (Å²) in [5, 5.41) is 10.7. The third-order valence-electron chi connectivity index (χ3n) is 3.31. The smallest absolute Gasteiger partial charge is 0.324 e. The van der Waals surface area contributed by atoms with E-state index < -0.39 is 4.92 Å². The van der Waals surface area contributed by atoms with Crippen molar-refractivity contribution in [2.45, 2.75) is 13.4 Å². The number of rotatable bonds is 3. The second-order valence-electron chi connectivity index (χ2n) is 4.67. The Hall–Kier alpha value is -2.34. The van der Waals surface area contributed by atoms with Crippen LogP contribution in [0.5, 0.6) is 11.5 Å². The molecule has 0 saturated carbocycles. The van der Waals surface area contributed by atoms with Gasteiger partial charge in [0.15, 0.2) is 0 Å². The Morgan fingerprint density at radius 1 is 1.25 bits per heavy atom. The predicted molar refractivity (Wildman–Crippen MR) is 75.7 cm³/mol. The average molecular weight is 269 g/mol. The molecule has 0 atom stereocenters. The number of nitrogens with zero attached hydrogens (tertiary/aromatic N) is 1. The maximum atomic E-state index is 10.7. The second-order valence-corrected chi connectivity index (χ2v) is 4.67. The second kappa shape index (κ2) is 4.98. The first-order valence-corrected chi connectivity index (χ1v) is 6.30. The van der Waals surface area contributed by atoms with Crippen LogP contribution >= 0.6 is 0 Å². The average Bonchev–Trinajstić information content (AvgIpc) is 2.80. The Labute approximate surface area is 116 Å². The molecule has 0 bridgehead atoms. The highest BCUT2D eigenvalue weighted by Crippen LogP contribution is 2.26. The molecule has 5 nitrogen and oxygen atoms in total. The molecule has 100 valence electrons. The van der Waals surface area contributed by atoms with E-state index in [0.717, 1.165) is 11.0 Å². The molecule has 0 aliphatic carbocycles. The quantitative estimate of drug-likeness (QED) is 0.488. The number of fused-ring (bicyclic) bond motifs is 1. The Morgan fingerprint density at radius 3 is 2.85 bits per heavy atom. The van der Waals surface area contributed by atoms with Gasteiger partial charge in [0, 0.05) is 6.07 Å². The predicted octanol–water partition coefficient (Wildman–Crippen LogP) is 2.75. The van der Waals surface area contributed by atoms with Crippen molar-refractivity contribution in [1.29, 1.82) is 0 Å². The van der Waals surface area contributed by atoms with Gasteiger partial charge < -0.3 is 9.39 Å². The van der Waals surface area contributed by atoms with E-state index in [0.29, 0.717) is 18.1 Å². The highest BCUT2D eigenvalue weighted by Gasteiger charge is 2.23. The van der Waals surface area contributed by atoms with E-state index >= 15 is 0 Å². The van der Waals surface area contributed by atoms with Crippen LogP contribution in [0.1, 0.15) is 5.56 Å². The summed E-state index contributed by atoms with van der Waals surface area (Å²) in [5.74, 6) is 1.10. The number of nitro groups is 1. The summed E-state index contributed by atoms with van der Waals surface area (Å²) >= 11 is 0. The molecule has 0 amide bonds. The van der Waals surface area contributed by atoms with E-state index in [4.69, 9.17) is 9.39 Å². The molecule has 20 heavy (non-hydrogen) atoms. The minimum Gasteiger partial charge on any atom is -0.457 e. The first kappa shape index (κ1) is 12.7.